The number of imidazole rings is 1. The van der Waals surface area contributed by atoms with Crippen molar-refractivity contribution in [3.05, 3.63) is 54.4 Å². The molecule has 0 aliphatic rings. The molecule has 8 nitrogen and oxygen atoms in total. The molecule has 2 aromatic carbocycles. The lowest BCUT2D eigenvalue weighted by molar-refractivity contribution is 0.455. The van der Waals surface area contributed by atoms with E-state index in [-0.39, 0.29) is 12.1 Å². The number of benzene rings is 2. The Hall–Kier alpha value is -3.26. The fourth-order valence-electron chi connectivity index (χ4n) is 2.93. The molecular weight excluding hydrogens is 340 g/mol. The van der Waals surface area contributed by atoms with Crippen LogP contribution in [0.5, 0.6) is 0 Å². The van der Waals surface area contributed by atoms with Crippen molar-refractivity contribution in [2.75, 3.05) is 11.9 Å². The van der Waals surface area contributed by atoms with Crippen molar-refractivity contribution in [2.45, 2.75) is 25.9 Å². The van der Waals surface area contributed by atoms with Gasteiger partial charge in [-0.05, 0) is 42.8 Å². The van der Waals surface area contributed by atoms with Crippen molar-refractivity contribution < 1.29 is 0 Å². The first-order valence-electron chi connectivity index (χ1n) is 8.93. The van der Waals surface area contributed by atoms with E-state index >= 15 is 0 Å². The molecule has 0 spiro atoms. The van der Waals surface area contributed by atoms with Crippen LogP contribution in [0.2, 0.25) is 0 Å². The molecule has 138 valence electrons. The lowest BCUT2D eigenvalue weighted by Gasteiger charge is -2.19. The average molecular weight is 362 g/mol. The van der Waals surface area contributed by atoms with E-state index in [4.69, 9.17) is 5.73 Å². The highest BCUT2D eigenvalue weighted by Crippen LogP contribution is 2.24. The van der Waals surface area contributed by atoms with Gasteiger partial charge in [0.2, 0.25) is 5.82 Å². The number of nitrogens with one attached hydrogen (secondary N) is 2. The normalized spacial score (nSPS) is 12.6. The second-order valence-corrected chi connectivity index (χ2v) is 6.72. The topological polar surface area (TPSA) is 110 Å². The molecule has 0 radical (unpaired) electrons. The first kappa shape index (κ1) is 17.2. The van der Waals surface area contributed by atoms with Crippen molar-refractivity contribution in [1.29, 1.82) is 0 Å². The van der Waals surface area contributed by atoms with Gasteiger partial charge in [0.1, 0.15) is 0 Å². The summed E-state index contributed by atoms with van der Waals surface area (Å²) in [6.45, 7) is 4.52. The summed E-state index contributed by atoms with van der Waals surface area (Å²) in [5.41, 5.74) is 11.0. The third kappa shape index (κ3) is 3.52. The van der Waals surface area contributed by atoms with E-state index in [2.05, 4.69) is 30.7 Å². The number of nitrogens with zero attached hydrogens (tertiary/aromatic N) is 5. The number of aromatic amines is 1. The summed E-state index contributed by atoms with van der Waals surface area (Å²) in [6, 6.07) is 14.3. The number of fused-ring (bicyclic) bond motifs is 1. The molecule has 4 rings (SSSR count). The minimum atomic E-state index is -0.00118. The number of rotatable bonds is 6. The summed E-state index contributed by atoms with van der Waals surface area (Å²) in [5, 5.41) is 16.1. The molecule has 4 aromatic rings. The fraction of sp³-hybridized carbons (Fsp3) is 0.263. The quantitative estimate of drug-likeness (QED) is 0.486. The Balaban J connectivity index is 1.53. The molecular formula is C19H22N8. The van der Waals surface area contributed by atoms with E-state index in [1.54, 1.807) is 11.1 Å². The number of tetrazole rings is 1. The number of hydrogen-bond donors (Lipinski definition) is 3. The second-order valence-electron chi connectivity index (χ2n) is 6.72. The van der Waals surface area contributed by atoms with E-state index in [0.29, 0.717) is 12.4 Å². The Labute approximate surface area is 156 Å². The Bertz CT molecular complexity index is 1030. The van der Waals surface area contributed by atoms with Gasteiger partial charge in [0.25, 0.3) is 0 Å². The van der Waals surface area contributed by atoms with Crippen LogP contribution < -0.4 is 11.1 Å². The molecule has 0 fully saturated rings. The second kappa shape index (κ2) is 7.16. The molecule has 1 atom stereocenters. The SMILES string of the molecule is CC(C)n1nnc(-c2ccc(C(CN)Nc3ccc4nc[nH]c4c3)cc2)n1. The van der Waals surface area contributed by atoms with E-state index < -0.39 is 0 Å². The Morgan fingerprint density at radius 3 is 2.67 bits per heavy atom. The lowest BCUT2D eigenvalue weighted by Crippen LogP contribution is -2.20. The minimum absolute atomic E-state index is 0.00118. The van der Waals surface area contributed by atoms with Gasteiger partial charge in [-0.2, -0.15) is 4.80 Å². The van der Waals surface area contributed by atoms with Crippen molar-refractivity contribution in [2.24, 2.45) is 5.73 Å². The molecule has 8 heteroatoms. The molecule has 4 N–H and O–H groups in total. The highest BCUT2D eigenvalue weighted by Gasteiger charge is 2.12. The first-order valence-corrected chi connectivity index (χ1v) is 8.93. The van der Waals surface area contributed by atoms with E-state index in [9.17, 15) is 0 Å². The average Bonchev–Trinajstić information content (AvgIpc) is 3.35. The van der Waals surface area contributed by atoms with Crippen LogP contribution in [0.1, 0.15) is 31.5 Å². The van der Waals surface area contributed by atoms with Gasteiger partial charge in [0, 0.05) is 17.8 Å². The van der Waals surface area contributed by atoms with Gasteiger partial charge in [-0.1, -0.05) is 24.3 Å². The monoisotopic (exact) mass is 362 g/mol. The van der Waals surface area contributed by atoms with Gasteiger partial charge in [-0.3, -0.25) is 0 Å². The molecule has 0 saturated heterocycles. The molecule has 2 aromatic heterocycles. The smallest absolute Gasteiger partial charge is 0.204 e. The molecule has 0 bridgehead atoms. The van der Waals surface area contributed by atoms with E-state index in [1.165, 1.54) is 0 Å². The van der Waals surface area contributed by atoms with Crippen molar-refractivity contribution in [3.8, 4) is 11.4 Å². The maximum atomic E-state index is 6.01. The van der Waals surface area contributed by atoms with E-state index in [1.807, 2.05) is 56.3 Å². The van der Waals surface area contributed by atoms with Crippen LogP contribution in [0.3, 0.4) is 0 Å². The van der Waals surface area contributed by atoms with Gasteiger partial charge in [-0.15, -0.1) is 10.2 Å². The Morgan fingerprint density at radius 2 is 1.96 bits per heavy atom. The minimum Gasteiger partial charge on any atom is -0.377 e. The third-order valence-electron chi connectivity index (χ3n) is 4.46. The first-order chi connectivity index (χ1) is 13.1. The predicted octanol–water partition coefficient (Wildman–Crippen LogP) is 2.91. The zero-order valence-corrected chi connectivity index (χ0v) is 15.3. The van der Waals surface area contributed by atoms with Crippen molar-refractivity contribution >= 4 is 16.7 Å². The van der Waals surface area contributed by atoms with Gasteiger partial charge in [-0.25, -0.2) is 4.98 Å². The number of anilines is 1. The Kier molecular flexibility index (Phi) is 4.55. The van der Waals surface area contributed by atoms with E-state index in [0.717, 1.165) is 27.8 Å². The van der Waals surface area contributed by atoms with Crippen LogP contribution in [-0.4, -0.2) is 36.7 Å². The maximum absolute atomic E-state index is 6.01. The standard InChI is InChI=1S/C19H22N8/c1-12(2)27-25-19(24-26-27)14-5-3-13(4-6-14)18(10-20)23-15-7-8-16-17(9-15)22-11-21-16/h3-9,11-12,18,23H,10,20H2,1-2H3,(H,21,22). The summed E-state index contributed by atoms with van der Waals surface area (Å²) in [5.74, 6) is 0.622. The summed E-state index contributed by atoms with van der Waals surface area (Å²) < 4.78 is 0. The van der Waals surface area contributed by atoms with Crippen LogP contribution in [0, 0.1) is 0 Å². The van der Waals surface area contributed by atoms with Gasteiger partial charge >= 0.3 is 0 Å². The predicted molar refractivity (Wildman–Crippen MR) is 105 cm³/mol. The lowest BCUT2D eigenvalue weighted by atomic mass is 10.0. The molecule has 0 aliphatic heterocycles. The van der Waals surface area contributed by atoms with Crippen molar-refractivity contribution in [3.63, 3.8) is 0 Å². The summed E-state index contributed by atoms with van der Waals surface area (Å²) in [4.78, 5) is 8.97. The number of nitrogens with two attached hydrogens (primary N) is 1. The van der Waals surface area contributed by atoms with Gasteiger partial charge in [0.15, 0.2) is 0 Å². The molecule has 0 amide bonds. The largest absolute Gasteiger partial charge is 0.377 e. The number of hydrogen-bond acceptors (Lipinski definition) is 6. The van der Waals surface area contributed by atoms with Gasteiger partial charge in [0.05, 0.1) is 29.4 Å². The fourth-order valence-corrected chi connectivity index (χ4v) is 2.93. The van der Waals surface area contributed by atoms with Gasteiger partial charge < -0.3 is 16.0 Å². The molecule has 1 unspecified atom stereocenters. The molecule has 27 heavy (non-hydrogen) atoms. The zero-order valence-electron chi connectivity index (χ0n) is 15.3. The molecule has 2 heterocycles. The summed E-state index contributed by atoms with van der Waals surface area (Å²) in [6.07, 6.45) is 1.69. The van der Waals surface area contributed by atoms with Crippen LogP contribution >= 0.6 is 0 Å². The van der Waals surface area contributed by atoms with Crippen LogP contribution in [-0.2, 0) is 0 Å². The third-order valence-corrected chi connectivity index (χ3v) is 4.46. The summed E-state index contributed by atoms with van der Waals surface area (Å²) >= 11 is 0. The number of H-pyrrole nitrogens is 1. The van der Waals surface area contributed by atoms with Crippen LogP contribution in [0.15, 0.2) is 48.8 Å². The van der Waals surface area contributed by atoms with Crippen LogP contribution in [0.25, 0.3) is 22.4 Å². The number of aromatic nitrogens is 6. The zero-order chi connectivity index (χ0) is 18.8. The highest BCUT2D eigenvalue weighted by atomic mass is 15.6. The molecule has 0 saturated carbocycles. The molecule has 0 aliphatic carbocycles. The maximum Gasteiger partial charge on any atom is 0.204 e. The van der Waals surface area contributed by atoms with Crippen molar-refractivity contribution in [1.82, 2.24) is 30.2 Å². The summed E-state index contributed by atoms with van der Waals surface area (Å²) in [7, 11) is 0. The highest BCUT2D eigenvalue weighted by molar-refractivity contribution is 5.78. The Morgan fingerprint density at radius 1 is 1.15 bits per heavy atom. The van der Waals surface area contributed by atoms with Crippen LogP contribution in [0.4, 0.5) is 5.69 Å².